The molecule has 108 valence electrons. The lowest BCUT2D eigenvalue weighted by Crippen LogP contribution is -2.28. The number of hydrogen-bond donors (Lipinski definition) is 1. The molecule has 1 atom stereocenters. The van der Waals surface area contributed by atoms with Crippen LogP contribution in [0.1, 0.15) is 24.6 Å². The summed E-state index contributed by atoms with van der Waals surface area (Å²) in [6.45, 7) is 2.43. The minimum Gasteiger partial charge on any atom is -0.494 e. The Bertz CT molecular complexity index is 630. The summed E-state index contributed by atoms with van der Waals surface area (Å²) in [6.07, 6.45) is -3.42. The Morgan fingerprint density at radius 3 is 2.85 bits per heavy atom. The van der Waals surface area contributed by atoms with Crippen LogP contribution in [0.2, 0.25) is 0 Å². The summed E-state index contributed by atoms with van der Waals surface area (Å²) in [6, 6.07) is 5.56. The van der Waals surface area contributed by atoms with Crippen LogP contribution in [-0.2, 0) is 12.8 Å². The lowest BCUT2D eigenvalue weighted by Gasteiger charge is -2.24. The molecule has 0 amide bonds. The Kier molecular flexibility index (Phi) is 3.15. The van der Waals surface area contributed by atoms with Crippen LogP contribution in [0, 0.1) is 5.92 Å². The van der Waals surface area contributed by atoms with Crippen molar-refractivity contribution in [1.29, 1.82) is 0 Å². The standard InChI is InChI=1S/C15H16F3NO/c1-2-20-10-4-6-14-12(8-10)11-7-9(15(16,17)18)3-5-13(11)19-14/h4,6,8-9,19H,2-3,5,7H2,1H3. The highest BCUT2D eigenvalue weighted by Crippen LogP contribution is 2.40. The molecule has 2 aromatic rings. The van der Waals surface area contributed by atoms with Gasteiger partial charge in [-0.1, -0.05) is 0 Å². The molecule has 2 nitrogen and oxygen atoms in total. The van der Waals surface area contributed by atoms with E-state index in [9.17, 15) is 13.2 Å². The molecule has 3 rings (SSSR count). The fourth-order valence-electron chi connectivity index (χ4n) is 2.93. The molecule has 1 aliphatic carbocycles. The molecular formula is C15H16F3NO. The van der Waals surface area contributed by atoms with Gasteiger partial charge in [0.25, 0.3) is 0 Å². The lowest BCUT2D eigenvalue weighted by atomic mass is 9.86. The predicted molar refractivity (Wildman–Crippen MR) is 71.0 cm³/mol. The molecule has 1 aromatic carbocycles. The lowest BCUT2D eigenvalue weighted by molar-refractivity contribution is -0.177. The molecule has 0 saturated heterocycles. The average molecular weight is 283 g/mol. The Labute approximate surface area is 114 Å². The Balaban J connectivity index is 2.02. The SMILES string of the molecule is CCOc1ccc2[nH]c3c(c2c1)CC(C(F)(F)F)CC3. The molecule has 0 bridgehead atoms. The fourth-order valence-corrected chi connectivity index (χ4v) is 2.93. The van der Waals surface area contributed by atoms with E-state index in [2.05, 4.69) is 4.98 Å². The molecule has 0 saturated carbocycles. The highest BCUT2D eigenvalue weighted by atomic mass is 19.4. The number of aromatic amines is 1. The number of benzene rings is 1. The first-order valence-corrected chi connectivity index (χ1v) is 6.82. The van der Waals surface area contributed by atoms with E-state index in [1.165, 1.54) is 0 Å². The van der Waals surface area contributed by atoms with Gasteiger partial charge in [-0.05, 0) is 49.9 Å². The number of aromatic nitrogens is 1. The number of hydrogen-bond acceptors (Lipinski definition) is 1. The molecule has 20 heavy (non-hydrogen) atoms. The van der Waals surface area contributed by atoms with Crippen LogP contribution in [0.3, 0.4) is 0 Å². The van der Waals surface area contributed by atoms with Crippen molar-refractivity contribution in [2.24, 2.45) is 5.92 Å². The topological polar surface area (TPSA) is 25.0 Å². The zero-order valence-corrected chi connectivity index (χ0v) is 11.2. The van der Waals surface area contributed by atoms with Gasteiger partial charge in [0.15, 0.2) is 0 Å². The Morgan fingerprint density at radius 1 is 1.35 bits per heavy atom. The van der Waals surface area contributed by atoms with Crippen LogP contribution >= 0.6 is 0 Å². The molecule has 0 fully saturated rings. The second-order valence-corrected chi connectivity index (χ2v) is 5.20. The van der Waals surface area contributed by atoms with Crippen molar-refractivity contribution in [2.45, 2.75) is 32.4 Å². The van der Waals surface area contributed by atoms with Crippen molar-refractivity contribution in [1.82, 2.24) is 4.98 Å². The van der Waals surface area contributed by atoms with Gasteiger partial charge in [-0.25, -0.2) is 0 Å². The molecular weight excluding hydrogens is 267 g/mol. The average Bonchev–Trinajstić information content (AvgIpc) is 2.75. The monoisotopic (exact) mass is 283 g/mol. The van der Waals surface area contributed by atoms with E-state index in [1.54, 1.807) is 0 Å². The molecule has 1 unspecified atom stereocenters. The first kappa shape index (κ1) is 13.3. The fraction of sp³-hybridized carbons (Fsp3) is 0.467. The van der Waals surface area contributed by atoms with E-state index in [0.29, 0.717) is 18.8 Å². The Hall–Kier alpha value is -1.65. The maximum absolute atomic E-state index is 12.9. The number of fused-ring (bicyclic) bond motifs is 3. The maximum atomic E-state index is 12.9. The van der Waals surface area contributed by atoms with Crippen LogP contribution in [0.15, 0.2) is 18.2 Å². The normalized spacial score (nSPS) is 19.1. The highest BCUT2D eigenvalue weighted by Gasteiger charge is 2.41. The van der Waals surface area contributed by atoms with Gasteiger partial charge in [0.05, 0.1) is 12.5 Å². The van der Waals surface area contributed by atoms with Crippen molar-refractivity contribution in [2.75, 3.05) is 6.61 Å². The molecule has 0 spiro atoms. The van der Waals surface area contributed by atoms with E-state index in [0.717, 1.165) is 22.2 Å². The van der Waals surface area contributed by atoms with Gasteiger partial charge in [-0.2, -0.15) is 13.2 Å². The van der Waals surface area contributed by atoms with Gasteiger partial charge in [0.2, 0.25) is 0 Å². The number of rotatable bonds is 2. The van der Waals surface area contributed by atoms with E-state index >= 15 is 0 Å². The van der Waals surface area contributed by atoms with Crippen molar-refractivity contribution >= 4 is 10.9 Å². The predicted octanol–water partition coefficient (Wildman–Crippen LogP) is 4.23. The van der Waals surface area contributed by atoms with E-state index in [4.69, 9.17) is 4.74 Å². The summed E-state index contributed by atoms with van der Waals surface area (Å²) < 4.78 is 44.2. The third-order valence-corrected chi connectivity index (χ3v) is 3.93. The van der Waals surface area contributed by atoms with Crippen molar-refractivity contribution in [3.8, 4) is 5.75 Å². The van der Waals surface area contributed by atoms with Crippen LogP contribution in [0.4, 0.5) is 13.2 Å². The largest absolute Gasteiger partial charge is 0.494 e. The van der Waals surface area contributed by atoms with Gasteiger partial charge >= 0.3 is 6.18 Å². The van der Waals surface area contributed by atoms with E-state index in [1.807, 2.05) is 25.1 Å². The number of halogens is 3. The van der Waals surface area contributed by atoms with Crippen molar-refractivity contribution < 1.29 is 17.9 Å². The van der Waals surface area contributed by atoms with Gasteiger partial charge in [-0.15, -0.1) is 0 Å². The quantitative estimate of drug-likeness (QED) is 0.876. The first-order valence-electron chi connectivity index (χ1n) is 6.82. The second-order valence-electron chi connectivity index (χ2n) is 5.20. The van der Waals surface area contributed by atoms with Crippen molar-refractivity contribution in [3.63, 3.8) is 0 Å². The van der Waals surface area contributed by atoms with Crippen LogP contribution in [0.5, 0.6) is 5.75 Å². The molecule has 1 aromatic heterocycles. The Morgan fingerprint density at radius 2 is 2.15 bits per heavy atom. The molecule has 1 heterocycles. The zero-order chi connectivity index (χ0) is 14.3. The summed E-state index contributed by atoms with van der Waals surface area (Å²) in [5.74, 6) is -0.527. The van der Waals surface area contributed by atoms with Gasteiger partial charge in [0, 0.05) is 16.6 Å². The molecule has 1 N–H and O–H groups in total. The smallest absolute Gasteiger partial charge is 0.392 e. The van der Waals surface area contributed by atoms with Gasteiger partial charge in [-0.3, -0.25) is 0 Å². The minimum absolute atomic E-state index is 0.0639. The van der Waals surface area contributed by atoms with Crippen LogP contribution in [-0.4, -0.2) is 17.8 Å². The van der Waals surface area contributed by atoms with Crippen LogP contribution in [0.25, 0.3) is 10.9 Å². The van der Waals surface area contributed by atoms with E-state index in [-0.39, 0.29) is 12.8 Å². The maximum Gasteiger partial charge on any atom is 0.392 e. The zero-order valence-electron chi connectivity index (χ0n) is 11.2. The van der Waals surface area contributed by atoms with Gasteiger partial charge < -0.3 is 9.72 Å². The van der Waals surface area contributed by atoms with Crippen molar-refractivity contribution in [3.05, 3.63) is 29.5 Å². The number of H-pyrrole nitrogens is 1. The number of ether oxygens (including phenoxy) is 1. The third kappa shape index (κ3) is 2.25. The minimum atomic E-state index is -4.11. The summed E-state index contributed by atoms with van der Waals surface area (Å²) >= 11 is 0. The third-order valence-electron chi connectivity index (χ3n) is 3.93. The molecule has 1 aliphatic rings. The first-order chi connectivity index (χ1) is 9.49. The molecule has 5 heteroatoms. The summed E-state index contributed by atoms with van der Waals surface area (Å²) in [7, 11) is 0. The number of aryl methyl sites for hydroxylation is 1. The second kappa shape index (κ2) is 4.72. The highest BCUT2D eigenvalue weighted by molar-refractivity contribution is 5.86. The summed E-state index contributed by atoms with van der Waals surface area (Å²) in [4.78, 5) is 3.23. The number of nitrogens with one attached hydrogen (secondary N) is 1. The molecule has 0 radical (unpaired) electrons. The van der Waals surface area contributed by atoms with Gasteiger partial charge in [0.1, 0.15) is 5.75 Å². The summed E-state index contributed by atoms with van der Waals surface area (Å²) in [5, 5.41) is 0.861. The number of alkyl halides is 3. The van der Waals surface area contributed by atoms with E-state index < -0.39 is 12.1 Å². The van der Waals surface area contributed by atoms with Crippen LogP contribution < -0.4 is 4.74 Å². The summed E-state index contributed by atoms with van der Waals surface area (Å²) in [5.41, 5.74) is 2.63. The molecule has 0 aliphatic heterocycles.